The third-order valence-electron chi connectivity index (χ3n) is 2.62. The zero-order valence-corrected chi connectivity index (χ0v) is 12.2. The lowest BCUT2D eigenvalue weighted by molar-refractivity contribution is 0.0607. The number of ether oxygens (including phenoxy) is 1. The molecular formula is C13H13NO3S2. The second-order valence-corrected chi connectivity index (χ2v) is 5.57. The predicted octanol–water partition coefficient (Wildman–Crippen LogP) is 3.41. The summed E-state index contributed by atoms with van der Waals surface area (Å²) < 4.78 is 4.68. The largest absolute Gasteiger partial charge is 0.465 e. The number of esters is 1. The summed E-state index contributed by atoms with van der Waals surface area (Å²) in [6.45, 7) is 2.00. The molecule has 0 saturated heterocycles. The highest BCUT2D eigenvalue weighted by Gasteiger charge is 2.18. The van der Waals surface area contributed by atoms with E-state index >= 15 is 0 Å². The van der Waals surface area contributed by atoms with Crippen molar-refractivity contribution in [2.75, 3.05) is 12.4 Å². The second-order valence-electron chi connectivity index (χ2n) is 3.74. The third-order valence-corrected chi connectivity index (χ3v) is 4.47. The molecule has 0 unspecified atom stereocenters. The van der Waals surface area contributed by atoms with Gasteiger partial charge in [-0.1, -0.05) is 6.92 Å². The maximum atomic E-state index is 12.2. The average Bonchev–Trinajstić information content (AvgIpc) is 3.05. The van der Waals surface area contributed by atoms with Crippen LogP contribution in [-0.2, 0) is 11.2 Å². The van der Waals surface area contributed by atoms with Crippen molar-refractivity contribution in [3.05, 3.63) is 38.2 Å². The Morgan fingerprint density at radius 2 is 1.89 bits per heavy atom. The first kappa shape index (κ1) is 13.8. The molecule has 19 heavy (non-hydrogen) atoms. The molecule has 0 radical (unpaired) electrons. The van der Waals surface area contributed by atoms with E-state index < -0.39 is 5.97 Å². The van der Waals surface area contributed by atoms with Gasteiger partial charge in [0.25, 0.3) is 5.91 Å². The Morgan fingerprint density at radius 3 is 2.58 bits per heavy atom. The Balaban J connectivity index is 2.20. The van der Waals surface area contributed by atoms with Gasteiger partial charge in [0.15, 0.2) is 0 Å². The van der Waals surface area contributed by atoms with E-state index in [9.17, 15) is 9.59 Å². The molecule has 2 heterocycles. The van der Waals surface area contributed by atoms with Crippen molar-refractivity contribution in [2.24, 2.45) is 0 Å². The maximum Gasteiger partial charge on any atom is 0.350 e. The van der Waals surface area contributed by atoms with Gasteiger partial charge in [0.1, 0.15) is 4.88 Å². The number of carbonyl (C=O) groups is 2. The standard InChI is InChI=1S/C13H13NO3S2/c1-3-8-4-6-18-10(8)12(15)14-9-5-7-19-11(9)13(16)17-2/h4-7H,3H2,1-2H3,(H,14,15). The molecule has 2 aromatic rings. The quantitative estimate of drug-likeness (QED) is 0.879. The van der Waals surface area contributed by atoms with Crippen molar-refractivity contribution in [1.29, 1.82) is 0 Å². The first-order valence-electron chi connectivity index (χ1n) is 5.70. The summed E-state index contributed by atoms with van der Waals surface area (Å²) in [5.74, 6) is -0.623. The number of anilines is 1. The molecule has 0 fully saturated rings. The van der Waals surface area contributed by atoms with Gasteiger partial charge in [-0.3, -0.25) is 4.79 Å². The summed E-state index contributed by atoms with van der Waals surface area (Å²) in [6.07, 6.45) is 0.805. The van der Waals surface area contributed by atoms with Gasteiger partial charge in [0.2, 0.25) is 0 Å². The van der Waals surface area contributed by atoms with Gasteiger partial charge in [-0.2, -0.15) is 0 Å². The highest BCUT2D eigenvalue weighted by Crippen LogP contribution is 2.25. The molecule has 0 bridgehead atoms. The number of methoxy groups -OCH3 is 1. The van der Waals surface area contributed by atoms with Crippen LogP contribution in [0.25, 0.3) is 0 Å². The number of hydrogen-bond donors (Lipinski definition) is 1. The molecule has 100 valence electrons. The third kappa shape index (κ3) is 2.85. The molecule has 2 rings (SSSR count). The van der Waals surface area contributed by atoms with Crippen LogP contribution in [0, 0.1) is 0 Å². The number of hydrogen-bond acceptors (Lipinski definition) is 5. The van der Waals surface area contributed by atoms with Crippen LogP contribution in [0.3, 0.4) is 0 Å². The van der Waals surface area contributed by atoms with Gasteiger partial charge in [-0.05, 0) is 34.9 Å². The maximum absolute atomic E-state index is 12.2. The zero-order chi connectivity index (χ0) is 13.8. The van der Waals surface area contributed by atoms with Crippen LogP contribution >= 0.6 is 22.7 Å². The normalized spacial score (nSPS) is 10.2. The van der Waals surface area contributed by atoms with Crippen molar-refractivity contribution in [3.63, 3.8) is 0 Å². The molecule has 0 atom stereocenters. The van der Waals surface area contributed by atoms with Crippen LogP contribution < -0.4 is 5.32 Å². The number of nitrogens with one attached hydrogen (secondary N) is 1. The highest BCUT2D eigenvalue weighted by molar-refractivity contribution is 7.13. The number of carbonyl (C=O) groups excluding carboxylic acids is 2. The van der Waals surface area contributed by atoms with Gasteiger partial charge in [-0.15, -0.1) is 22.7 Å². The van der Waals surface area contributed by atoms with E-state index in [-0.39, 0.29) is 5.91 Å². The van der Waals surface area contributed by atoms with Crippen molar-refractivity contribution in [1.82, 2.24) is 0 Å². The van der Waals surface area contributed by atoms with Gasteiger partial charge in [0.05, 0.1) is 17.7 Å². The van der Waals surface area contributed by atoms with E-state index in [0.717, 1.165) is 12.0 Å². The Hall–Kier alpha value is -1.66. The van der Waals surface area contributed by atoms with E-state index in [1.807, 2.05) is 18.4 Å². The molecule has 0 saturated carbocycles. The van der Waals surface area contributed by atoms with Crippen LogP contribution in [0.5, 0.6) is 0 Å². The monoisotopic (exact) mass is 295 g/mol. The van der Waals surface area contributed by atoms with E-state index in [4.69, 9.17) is 0 Å². The van der Waals surface area contributed by atoms with E-state index in [1.54, 1.807) is 11.4 Å². The number of aryl methyl sites for hydroxylation is 1. The highest BCUT2D eigenvalue weighted by atomic mass is 32.1. The fourth-order valence-corrected chi connectivity index (χ4v) is 3.31. The number of amides is 1. The molecule has 0 spiro atoms. The first-order chi connectivity index (χ1) is 9.17. The van der Waals surface area contributed by atoms with Crippen molar-refractivity contribution >= 4 is 40.2 Å². The molecule has 0 aromatic carbocycles. The molecule has 4 nitrogen and oxygen atoms in total. The molecule has 0 aliphatic carbocycles. The van der Waals surface area contributed by atoms with Crippen LogP contribution in [-0.4, -0.2) is 19.0 Å². The van der Waals surface area contributed by atoms with Crippen LogP contribution in [0.2, 0.25) is 0 Å². The summed E-state index contributed by atoms with van der Waals surface area (Å²) in [5.41, 5.74) is 1.51. The van der Waals surface area contributed by atoms with Crippen LogP contribution in [0.4, 0.5) is 5.69 Å². The SMILES string of the molecule is CCc1ccsc1C(=O)Nc1ccsc1C(=O)OC. The zero-order valence-electron chi connectivity index (χ0n) is 10.6. The Kier molecular flexibility index (Phi) is 4.34. The van der Waals surface area contributed by atoms with E-state index in [1.165, 1.54) is 29.8 Å². The van der Waals surface area contributed by atoms with E-state index in [0.29, 0.717) is 15.4 Å². The summed E-state index contributed by atoms with van der Waals surface area (Å²) in [4.78, 5) is 24.8. The van der Waals surface area contributed by atoms with Crippen molar-refractivity contribution in [2.45, 2.75) is 13.3 Å². The average molecular weight is 295 g/mol. The summed E-state index contributed by atoms with van der Waals surface area (Å²) in [6, 6.07) is 3.64. The minimum absolute atomic E-state index is 0.185. The minimum atomic E-state index is -0.438. The van der Waals surface area contributed by atoms with Crippen molar-refractivity contribution in [3.8, 4) is 0 Å². The smallest absolute Gasteiger partial charge is 0.350 e. The Morgan fingerprint density at radius 1 is 1.21 bits per heavy atom. The fourth-order valence-electron chi connectivity index (χ4n) is 1.65. The van der Waals surface area contributed by atoms with Crippen molar-refractivity contribution < 1.29 is 14.3 Å². The lowest BCUT2D eigenvalue weighted by Gasteiger charge is -2.05. The molecular weight excluding hydrogens is 282 g/mol. The van der Waals surface area contributed by atoms with Gasteiger partial charge < -0.3 is 10.1 Å². The van der Waals surface area contributed by atoms with Gasteiger partial charge in [0, 0.05) is 0 Å². The minimum Gasteiger partial charge on any atom is -0.465 e. The second kappa shape index (κ2) is 5.99. The lowest BCUT2D eigenvalue weighted by Crippen LogP contribution is -2.14. The van der Waals surface area contributed by atoms with Crippen LogP contribution in [0.1, 0.15) is 31.8 Å². The molecule has 2 aromatic heterocycles. The summed E-state index contributed by atoms with van der Waals surface area (Å²) in [7, 11) is 1.32. The van der Waals surface area contributed by atoms with Gasteiger partial charge in [-0.25, -0.2) is 4.79 Å². The summed E-state index contributed by atoms with van der Waals surface area (Å²) >= 11 is 2.64. The Bertz CT molecular complexity index is 601. The topological polar surface area (TPSA) is 55.4 Å². The lowest BCUT2D eigenvalue weighted by atomic mass is 10.2. The molecule has 0 aliphatic rings. The Labute approximate surface area is 119 Å². The first-order valence-corrected chi connectivity index (χ1v) is 7.46. The van der Waals surface area contributed by atoms with Crippen LogP contribution in [0.15, 0.2) is 22.9 Å². The predicted molar refractivity (Wildman–Crippen MR) is 77.3 cm³/mol. The number of thiophene rings is 2. The van der Waals surface area contributed by atoms with Gasteiger partial charge >= 0.3 is 5.97 Å². The molecule has 1 N–H and O–H groups in total. The number of rotatable bonds is 4. The van der Waals surface area contributed by atoms with E-state index in [2.05, 4.69) is 10.1 Å². The molecule has 0 aliphatic heterocycles. The molecule has 1 amide bonds. The fraction of sp³-hybridized carbons (Fsp3) is 0.231. The summed E-state index contributed by atoms with van der Waals surface area (Å²) in [5, 5.41) is 6.40. The molecule has 6 heteroatoms.